The van der Waals surface area contributed by atoms with E-state index in [4.69, 9.17) is 33.7 Å². The second-order valence-electron chi connectivity index (χ2n) is 5.74. The number of rotatable bonds is 8. The van der Waals surface area contributed by atoms with Crippen molar-refractivity contribution in [2.24, 2.45) is 0 Å². The number of anilines is 1. The molecule has 2 aromatic rings. The highest BCUT2D eigenvalue weighted by Crippen LogP contribution is 2.27. The van der Waals surface area contributed by atoms with Crippen LogP contribution >= 0.6 is 23.2 Å². The summed E-state index contributed by atoms with van der Waals surface area (Å²) in [5.41, 5.74) is 6.74. The van der Waals surface area contributed by atoms with E-state index < -0.39 is 0 Å². The molecule has 6 nitrogen and oxygen atoms in total. The second-order valence-corrected chi connectivity index (χ2v) is 6.55. The van der Waals surface area contributed by atoms with E-state index in [0.717, 1.165) is 6.42 Å². The van der Waals surface area contributed by atoms with Crippen LogP contribution in [0.15, 0.2) is 30.5 Å². The number of nitrogen functional groups attached to an aromatic ring is 1. The number of carbonyl (C=O) groups excluding carboxylic acids is 1. The van der Waals surface area contributed by atoms with Gasteiger partial charge in [0.1, 0.15) is 6.61 Å². The van der Waals surface area contributed by atoms with Crippen molar-refractivity contribution in [3.63, 3.8) is 0 Å². The van der Waals surface area contributed by atoms with Crippen LogP contribution in [-0.2, 0) is 6.61 Å². The van der Waals surface area contributed by atoms with Crippen LogP contribution in [0.4, 0.5) is 5.82 Å². The maximum atomic E-state index is 12.3. The van der Waals surface area contributed by atoms with E-state index in [1.807, 2.05) is 6.92 Å². The van der Waals surface area contributed by atoms with E-state index in [1.165, 1.54) is 12.3 Å². The normalized spacial score (nSPS) is 11.8. The third kappa shape index (κ3) is 5.24. The first-order chi connectivity index (χ1) is 12.5. The molecule has 1 unspecified atom stereocenters. The number of hydrogen-bond donors (Lipinski definition) is 3. The molecule has 1 aromatic heterocycles. The Kier molecular flexibility index (Phi) is 7.50. The molecule has 0 aliphatic rings. The zero-order valence-corrected chi connectivity index (χ0v) is 15.8. The van der Waals surface area contributed by atoms with Gasteiger partial charge in [-0.1, -0.05) is 42.6 Å². The van der Waals surface area contributed by atoms with Crippen LogP contribution in [0, 0.1) is 0 Å². The Labute approximate surface area is 162 Å². The number of ether oxygens (including phenoxy) is 1. The second kappa shape index (κ2) is 9.62. The molecule has 0 spiro atoms. The van der Waals surface area contributed by atoms with Gasteiger partial charge >= 0.3 is 0 Å². The lowest BCUT2D eigenvalue weighted by Crippen LogP contribution is -2.37. The van der Waals surface area contributed by atoms with Crippen molar-refractivity contribution in [3.05, 3.63) is 51.6 Å². The monoisotopic (exact) mass is 397 g/mol. The van der Waals surface area contributed by atoms with Crippen LogP contribution < -0.4 is 15.8 Å². The quantitative estimate of drug-likeness (QED) is 0.633. The predicted molar refractivity (Wildman–Crippen MR) is 103 cm³/mol. The third-order valence-corrected chi connectivity index (χ3v) is 4.48. The lowest BCUT2D eigenvalue weighted by molar-refractivity contribution is 0.0912. The summed E-state index contributed by atoms with van der Waals surface area (Å²) in [7, 11) is 0. The molecule has 0 aliphatic heterocycles. The van der Waals surface area contributed by atoms with Crippen molar-refractivity contribution in [1.82, 2.24) is 10.3 Å². The van der Waals surface area contributed by atoms with Gasteiger partial charge in [0.15, 0.2) is 11.6 Å². The van der Waals surface area contributed by atoms with E-state index in [0.29, 0.717) is 22.0 Å². The third-order valence-electron chi connectivity index (χ3n) is 3.77. The number of carbonyl (C=O) groups is 1. The summed E-state index contributed by atoms with van der Waals surface area (Å²) in [6, 6.07) is 6.35. The van der Waals surface area contributed by atoms with Crippen molar-refractivity contribution >= 4 is 34.9 Å². The minimum Gasteiger partial charge on any atom is -0.485 e. The highest BCUT2D eigenvalue weighted by atomic mass is 35.5. The summed E-state index contributed by atoms with van der Waals surface area (Å²) >= 11 is 12.2. The number of nitrogens with two attached hydrogens (primary N) is 1. The summed E-state index contributed by atoms with van der Waals surface area (Å²) in [5, 5.41) is 13.0. The summed E-state index contributed by atoms with van der Waals surface area (Å²) in [6.07, 6.45) is 2.89. The Hall–Kier alpha value is -2.02. The van der Waals surface area contributed by atoms with Gasteiger partial charge < -0.3 is 20.9 Å². The fraction of sp³-hybridized carbons (Fsp3) is 0.333. The number of benzene rings is 1. The number of aromatic nitrogens is 1. The minimum absolute atomic E-state index is 0.0879. The van der Waals surface area contributed by atoms with Gasteiger partial charge in [0.05, 0.1) is 18.2 Å². The molecule has 0 radical (unpaired) electrons. The zero-order valence-electron chi connectivity index (χ0n) is 14.3. The molecule has 2 rings (SSSR count). The van der Waals surface area contributed by atoms with Crippen LogP contribution in [-0.4, -0.2) is 28.6 Å². The van der Waals surface area contributed by atoms with Gasteiger partial charge in [-0.3, -0.25) is 4.79 Å². The largest absolute Gasteiger partial charge is 0.485 e. The highest BCUT2D eigenvalue weighted by molar-refractivity contribution is 6.35. The molecule has 8 heteroatoms. The Morgan fingerprint density at radius 3 is 2.69 bits per heavy atom. The average Bonchev–Trinajstić information content (AvgIpc) is 2.62. The van der Waals surface area contributed by atoms with Crippen LogP contribution in [0.1, 0.15) is 35.7 Å². The van der Waals surface area contributed by atoms with Crippen LogP contribution in [0.25, 0.3) is 0 Å². The van der Waals surface area contributed by atoms with E-state index in [2.05, 4.69) is 10.3 Å². The molecule has 1 amide bonds. The number of hydrogen-bond acceptors (Lipinski definition) is 5. The maximum Gasteiger partial charge on any atom is 0.253 e. The van der Waals surface area contributed by atoms with Crippen molar-refractivity contribution in [2.45, 2.75) is 32.4 Å². The fourth-order valence-corrected chi connectivity index (χ4v) is 2.85. The Morgan fingerprint density at radius 1 is 1.38 bits per heavy atom. The molecule has 0 aliphatic carbocycles. The van der Waals surface area contributed by atoms with Gasteiger partial charge in [0.2, 0.25) is 0 Å². The molecule has 4 N–H and O–H groups in total. The minimum atomic E-state index is -0.356. The van der Waals surface area contributed by atoms with E-state index in [-0.39, 0.29) is 42.3 Å². The summed E-state index contributed by atoms with van der Waals surface area (Å²) < 4.78 is 5.67. The lowest BCUT2D eigenvalue weighted by Gasteiger charge is -2.16. The lowest BCUT2D eigenvalue weighted by atomic mass is 10.1. The summed E-state index contributed by atoms with van der Waals surface area (Å²) in [5.74, 6) is 0.0484. The Balaban J connectivity index is 2.13. The van der Waals surface area contributed by atoms with Crippen molar-refractivity contribution in [2.75, 3.05) is 12.3 Å². The van der Waals surface area contributed by atoms with Gasteiger partial charge in [-0.15, -0.1) is 0 Å². The molecule has 0 bridgehead atoms. The van der Waals surface area contributed by atoms with Crippen LogP contribution in [0.3, 0.4) is 0 Å². The standard InChI is InChI=1S/C18H21Cl2N3O3/c1-2-4-12(9-24)23-18(25)11-7-16(17(21)22-8-11)26-10-13-14(19)5-3-6-15(13)20/h3,5-8,12,24H,2,4,9-10H2,1H3,(H2,21,22)(H,23,25). The molecule has 0 fully saturated rings. The van der Waals surface area contributed by atoms with Gasteiger partial charge in [-0.25, -0.2) is 4.98 Å². The molecule has 0 saturated heterocycles. The molecule has 1 atom stereocenters. The fourth-order valence-electron chi connectivity index (χ4n) is 2.34. The number of halogens is 2. The van der Waals surface area contributed by atoms with Gasteiger partial charge in [-0.2, -0.15) is 0 Å². The van der Waals surface area contributed by atoms with Gasteiger partial charge in [0.25, 0.3) is 5.91 Å². The number of aliphatic hydroxyl groups is 1. The van der Waals surface area contributed by atoms with E-state index in [1.54, 1.807) is 18.2 Å². The molecule has 1 aromatic carbocycles. The zero-order chi connectivity index (χ0) is 19.1. The molecule has 140 valence electrons. The molecular weight excluding hydrogens is 377 g/mol. The van der Waals surface area contributed by atoms with Gasteiger partial charge in [0, 0.05) is 21.8 Å². The van der Waals surface area contributed by atoms with Crippen molar-refractivity contribution in [3.8, 4) is 5.75 Å². The number of nitrogens with zero attached hydrogens (tertiary/aromatic N) is 1. The predicted octanol–water partition coefficient (Wildman–Crippen LogP) is 3.44. The van der Waals surface area contributed by atoms with Crippen molar-refractivity contribution in [1.29, 1.82) is 0 Å². The van der Waals surface area contributed by atoms with Crippen LogP contribution in [0.5, 0.6) is 5.75 Å². The Bertz CT molecular complexity index is 751. The Morgan fingerprint density at radius 2 is 2.08 bits per heavy atom. The molecule has 0 saturated carbocycles. The molecular formula is C18H21Cl2N3O3. The highest BCUT2D eigenvalue weighted by Gasteiger charge is 2.15. The first-order valence-electron chi connectivity index (χ1n) is 8.19. The number of aliphatic hydroxyl groups excluding tert-OH is 1. The number of amides is 1. The van der Waals surface area contributed by atoms with E-state index >= 15 is 0 Å². The first kappa shape index (κ1) is 20.3. The van der Waals surface area contributed by atoms with E-state index in [9.17, 15) is 9.90 Å². The first-order valence-corrected chi connectivity index (χ1v) is 8.94. The molecule has 1 heterocycles. The maximum absolute atomic E-state index is 12.3. The SMILES string of the molecule is CCCC(CO)NC(=O)c1cnc(N)c(OCc2c(Cl)cccc2Cl)c1. The van der Waals surface area contributed by atoms with Gasteiger partial charge in [-0.05, 0) is 24.6 Å². The average molecular weight is 398 g/mol. The molecule has 26 heavy (non-hydrogen) atoms. The summed E-state index contributed by atoms with van der Waals surface area (Å²) in [4.78, 5) is 16.3. The van der Waals surface area contributed by atoms with Crippen LogP contribution in [0.2, 0.25) is 10.0 Å². The summed E-state index contributed by atoms with van der Waals surface area (Å²) in [6.45, 7) is 1.94. The smallest absolute Gasteiger partial charge is 0.253 e. The topological polar surface area (TPSA) is 97.5 Å². The number of pyridine rings is 1. The number of nitrogens with one attached hydrogen (secondary N) is 1. The van der Waals surface area contributed by atoms with Crippen molar-refractivity contribution < 1.29 is 14.6 Å².